The summed E-state index contributed by atoms with van der Waals surface area (Å²) >= 11 is 7.35. The van der Waals surface area contributed by atoms with Gasteiger partial charge >= 0.3 is 0 Å². The zero-order chi connectivity index (χ0) is 49.5. The van der Waals surface area contributed by atoms with Crippen molar-refractivity contribution in [3.8, 4) is 0 Å². The lowest BCUT2D eigenvalue weighted by atomic mass is 10.1. The predicted octanol–water partition coefficient (Wildman–Crippen LogP) is 7.48. The molecular formula is C64H66I4N4OS4. The van der Waals surface area contributed by atoms with Gasteiger partial charge < -0.3 is 101 Å². The van der Waals surface area contributed by atoms with E-state index in [4.69, 9.17) is 19.9 Å². The second-order valence-corrected chi connectivity index (χ2v) is 22.5. The van der Waals surface area contributed by atoms with Crippen molar-refractivity contribution in [2.45, 2.75) is 105 Å². The van der Waals surface area contributed by atoms with Gasteiger partial charge in [0, 0.05) is 48.5 Å². The molecule has 12 aromatic rings. The van der Waals surface area contributed by atoms with Crippen molar-refractivity contribution in [3.63, 3.8) is 0 Å². The van der Waals surface area contributed by atoms with Crippen molar-refractivity contribution in [2.24, 2.45) is 0 Å². The first-order chi connectivity index (χ1) is 35.5. The third-order valence-electron chi connectivity index (χ3n) is 12.8. The average molecular weight is 1540 g/mol. The molecule has 0 aliphatic carbocycles. The number of nitrogens with zero attached hydrogens (tertiary/aromatic N) is 4. The van der Waals surface area contributed by atoms with Crippen molar-refractivity contribution in [1.82, 2.24) is 19.9 Å². The zero-order valence-electron chi connectivity index (χ0n) is 44.1. The summed E-state index contributed by atoms with van der Waals surface area (Å²) in [6.07, 6.45) is 14.4. The molecule has 0 bridgehead atoms. The van der Waals surface area contributed by atoms with E-state index in [9.17, 15) is 0 Å². The second-order valence-electron chi connectivity index (χ2n) is 18.2. The molecule has 8 aromatic carbocycles. The molecule has 5 nitrogen and oxygen atoms in total. The van der Waals surface area contributed by atoms with Gasteiger partial charge in [-0.25, -0.2) is 19.9 Å². The van der Waals surface area contributed by atoms with Crippen LogP contribution in [0, 0.1) is 0 Å². The molecule has 77 heavy (non-hydrogen) atoms. The van der Waals surface area contributed by atoms with Crippen LogP contribution in [0.1, 0.15) is 101 Å². The maximum absolute atomic E-state index is 4.84. The van der Waals surface area contributed by atoms with Gasteiger partial charge in [0.1, 0.15) is 44.1 Å². The van der Waals surface area contributed by atoms with Crippen molar-refractivity contribution in [1.29, 1.82) is 0 Å². The Balaban J connectivity index is 0.000000217. The topological polar surface area (TPSA) is 83.1 Å². The Morgan fingerprint density at radius 1 is 0.260 bits per heavy atom. The van der Waals surface area contributed by atoms with Crippen LogP contribution >= 0.6 is 45.3 Å². The van der Waals surface area contributed by atoms with Crippen molar-refractivity contribution >= 4 is 127 Å². The van der Waals surface area contributed by atoms with Gasteiger partial charge in [0.05, 0.1) is 0 Å². The fourth-order valence-electron chi connectivity index (χ4n) is 8.88. The highest BCUT2D eigenvalue weighted by Crippen LogP contribution is 2.32. The first-order valence-electron chi connectivity index (χ1n) is 25.9. The lowest BCUT2D eigenvalue weighted by molar-refractivity contribution is -0.001000. The number of fused-ring (bicyclic) bond motifs is 8. The Morgan fingerprint density at radius 2 is 0.455 bits per heavy atom. The third kappa shape index (κ3) is 17.4. The minimum Gasteiger partial charge on any atom is -1.00 e. The molecule has 0 saturated heterocycles. The highest BCUT2D eigenvalue weighted by molar-refractivity contribution is 7.25. The summed E-state index contributed by atoms with van der Waals surface area (Å²) in [5.41, 5.74) is 14.7. The van der Waals surface area contributed by atoms with E-state index in [1.54, 1.807) is 0 Å². The Labute approximate surface area is 538 Å². The van der Waals surface area contributed by atoms with Gasteiger partial charge in [-0.15, -0.1) is 0 Å². The van der Waals surface area contributed by atoms with Crippen LogP contribution in [-0.4, -0.2) is 25.4 Å². The summed E-state index contributed by atoms with van der Waals surface area (Å²) in [5.74, 6) is 0. The minimum absolute atomic E-state index is 0. The molecule has 4 heterocycles. The van der Waals surface area contributed by atoms with Gasteiger partial charge in [0.25, 0.3) is 37.6 Å². The quantitative estimate of drug-likeness (QED) is 0.0723. The van der Waals surface area contributed by atoms with Crippen LogP contribution < -0.4 is 95.9 Å². The summed E-state index contributed by atoms with van der Waals surface area (Å²) in [4.78, 5) is 19.4. The van der Waals surface area contributed by atoms with Gasteiger partial charge in [-0.3, -0.25) is 0 Å². The van der Waals surface area contributed by atoms with E-state index in [1.165, 1.54) is 133 Å². The number of aromatic nitrogens is 4. The smallest absolute Gasteiger partial charge is 0.257 e. The molecule has 0 spiro atoms. The molecule has 0 unspecified atom stereocenters. The Bertz CT molecular complexity index is 3290. The molecule has 0 radical (unpaired) electrons. The second kappa shape index (κ2) is 34.1. The summed E-state index contributed by atoms with van der Waals surface area (Å²) in [6.45, 7) is 8.93. The number of hydrogen-bond donors (Lipinski definition) is 0. The van der Waals surface area contributed by atoms with Crippen LogP contribution in [0.3, 0.4) is 0 Å². The van der Waals surface area contributed by atoms with E-state index in [2.05, 4.69) is 198 Å². The maximum atomic E-state index is 4.84. The van der Waals surface area contributed by atoms with Crippen molar-refractivity contribution in [3.05, 3.63) is 192 Å². The first-order valence-corrected chi connectivity index (χ1v) is 29.2. The largest absolute Gasteiger partial charge is 1.00 e. The number of halogens is 4. The maximum Gasteiger partial charge on any atom is 0.257 e. The van der Waals surface area contributed by atoms with Crippen LogP contribution in [0.4, 0.5) is 0 Å². The molecule has 12 rings (SSSR count). The van der Waals surface area contributed by atoms with E-state index < -0.39 is 0 Å². The molecule has 0 fully saturated rings. The number of rotatable bonds is 12. The number of hydrogen-bond acceptors (Lipinski definition) is 4. The van der Waals surface area contributed by atoms with Crippen LogP contribution in [0.25, 0.3) is 81.7 Å². The third-order valence-corrected chi connectivity index (χ3v) is 17.3. The van der Waals surface area contributed by atoms with E-state index in [-0.39, 0.29) is 101 Å². The number of aryl methyl sites for hydroxylation is 4. The fourth-order valence-corrected chi connectivity index (χ4v) is 13.0. The summed E-state index contributed by atoms with van der Waals surface area (Å²) < 4.78 is 10.2. The number of unbranched alkanes of at least 4 members (excludes halogenated alkanes) is 4. The van der Waals surface area contributed by atoms with E-state index in [1.807, 2.05) is 45.3 Å². The zero-order valence-corrected chi connectivity index (χ0v) is 56.0. The fraction of sp³-hybridized carbons (Fsp3) is 0.250. The van der Waals surface area contributed by atoms with Gasteiger partial charge in [-0.05, 0) is 97.9 Å². The normalized spacial score (nSPS) is 10.4. The van der Waals surface area contributed by atoms with Crippen LogP contribution in [-0.2, 0) is 25.7 Å². The Morgan fingerprint density at radius 3 is 0.662 bits per heavy atom. The molecule has 0 amide bonds. The predicted molar refractivity (Wildman–Crippen MR) is 324 cm³/mol. The molecule has 0 atom stereocenters. The van der Waals surface area contributed by atoms with Crippen LogP contribution in [0.5, 0.6) is 0 Å². The van der Waals surface area contributed by atoms with Gasteiger partial charge in [-0.2, -0.15) is 0 Å². The molecule has 4 aromatic heterocycles. The van der Waals surface area contributed by atoms with Gasteiger partial charge in [0.15, 0.2) is 0 Å². The minimum atomic E-state index is 0. The summed E-state index contributed by atoms with van der Waals surface area (Å²) in [7, 11) is 0. The molecule has 13 heteroatoms. The van der Waals surface area contributed by atoms with Gasteiger partial charge in [-0.1, -0.05) is 150 Å². The summed E-state index contributed by atoms with van der Waals surface area (Å²) in [5, 5.41) is 0. The van der Waals surface area contributed by atoms with E-state index in [0.29, 0.717) is 0 Å². The molecule has 2 N–H and O–H groups in total. The molecule has 0 aliphatic heterocycles. The van der Waals surface area contributed by atoms with E-state index in [0.717, 1.165) is 47.8 Å². The monoisotopic (exact) mass is 1540 g/mol. The lowest BCUT2D eigenvalue weighted by Gasteiger charge is -2.01. The van der Waals surface area contributed by atoms with Gasteiger partial charge in [0.2, 0.25) is 45.3 Å². The van der Waals surface area contributed by atoms with E-state index >= 15 is 0 Å². The van der Waals surface area contributed by atoms with Crippen LogP contribution in [0.15, 0.2) is 170 Å². The lowest BCUT2D eigenvalue weighted by Crippen LogP contribution is -3.00. The highest BCUT2D eigenvalue weighted by Gasteiger charge is 2.18. The Hall–Kier alpha value is -3.28. The number of benzene rings is 8. The molecule has 0 saturated carbocycles. The highest BCUT2D eigenvalue weighted by atomic mass is 127. The standard InChI is InChI=1S/4C16H16NS.4HI.H2O/c4*1-2-3-7-12-8-6-11-15-16(12)17-13-9-4-5-10-14(13)18-15;;;;;/h4*4-6,8-11H,2-3,7H2,1H3;4*1H;1H2/q4*+1;;;;;/p-4. The van der Waals surface area contributed by atoms with Crippen LogP contribution in [0.2, 0.25) is 0 Å². The number of para-hydroxylation sites is 8. The Kier molecular flexibility index (Phi) is 29.3. The van der Waals surface area contributed by atoms with Crippen molar-refractivity contribution < 1.29 is 101 Å². The summed E-state index contributed by atoms with van der Waals surface area (Å²) in [6, 6.07) is 59.7. The average Bonchev–Trinajstić information content (AvgIpc) is 3.43. The van der Waals surface area contributed by atoms with Crippen molar-refractivity contribution in [2.75, 3.05) is 0 Å². The molecular weight excluding hydrogens is 1480 g/mol. The first kappa shape index (κ1) is 66.2. The SMILES string of the molecule is CCCCc1cccc2[s+]c3ccccc3nc12.CCCCc1cccc2[s+]c3ccccc3nc12.CCCCc1cccc2[s+]c3ccccc3nc12.CCCCc1cccc2[s+]c3ccccc3nc12.O.[I-].[I-].[I-].[I-]. The molecule has 400 valence electrons. The molecule has 0 aliphatic rings.